The lowest BCUT2D eigenvalue weighted by Crippen LogP contribution is -2.43. The van der Waals surface area contributed by atoms with Crippen molar-refractivity contribution in [2.75, 3.05) is 33.4 Å². The second-order valence-corrected chi connectivity index (χ2v) is 7.31. The summed E-state index contributed by atoms with van der Waals surface area (Å²) in [5, 5.41) is 6.93. The molecule has 1 aromatic rings. The number of aromatic nitrogens is 1. The van der Waals surface area contributed by atoms with Crippen LogP contribution in [0.25, 0.3) is 0 Å². The maximum Gasteiger partial charge on any atom is 0.218 e. The molecule has 1 aromatic heterocycles. The first-order chi connectivity index (χ1) is 13.2. The number of ether oxygens (including phenoxy) is 2. The van der Waals surface area contributed by atoms with Crippen LogP contribution < -0.4 is 15.4 Å². The van der Waals surface area contributed by atoms with E-state index in [1.165, 1.54) is 25.7 Å². The minimum absolute atomic E-state index is 0.329. The van der Waals surface area contributed by atoms with Crippen molar-refractivity contribution in [1.82, 2.24) is 15.6 Å². The summed E-state index contributed by atoms with van der Waals surface area (Å²) in [5.74, 6) is 1.54. The van der Waals surface area contributed by atoms with Crippen LogP contribution in [0.15, 0.2) is 23.3 Å². The molecule has 1 aliphatic rings. The van der Waals surface area contributed by atoms with Crippen LogP contribution in [-0.4, -0.2) is 44.4 Å². The van der Waals surface area contributed by atoms with Gasteiger partial charge in [-0.3, -0.25) is 0 Å². The summed E-state index contributed by atoms with van der Waals surface area (Å²) in [4.78, 5) is 9.12. The van der Waals surface area contributed by atoms with E-state index < -0.39 is 0 Å². The molecule has 0 unspecified atom stereocenters. The third kappa shape index (κ3) is 7.01. The third-order valence-electron chi connectivity index (χ3n) is 5.18. The molecule has 0 radical (unpaired) electrons. The Hall–Kier alpha value is -1.82. The van der Waals surface area contributed by atoms with Crippen molar-refractivity contribution < 1.29 is 9.47 Å². The molecule has 0 amide bonds. The maximum absolute atomic E-state index is 5.75. The highest BCUT2D eigenvalue weighted by Crippen LogP contribution is 2.40. The molecule has 1 heterocycles. The lowest BCUT2D eigenvalue weighted by atomic mass is 9.83. The zero-order valence-corrected chi connectivity index (χ0v) is 17.2. The molecule has 0 atom stereocenters. The van der Waals surface area contributed by atoms with Gasteiger partial charge in [-0.2, -0.15) is 0 Å². The first-order valence-corrected chi connectivity index (χ1v) is 10.3. The number of hydrogen-bond donors (Lipinski definition) is 2. The van der Waals surface area contributed by atoms with Crippen LogP contribution in [0.5, 0.6) is 5.88 Å². The van der Waals surface area contributed by atoms with E-state index in [1.807, 2.05) is 12.1 Å². The average molecular weight is 377 g/mol. The Bertz CT molecular complexity index is 571. The van der Waals surface area contributed by atoms with Gasteiger partial charge in [0.15, 0.2) is 5.96 Å². The van der Waals surface area contributed by atoms with Crippen LogP contribution in [0.3, 0.4) is 0 Å². The van der Waals surface area contributed by atoms with Gasteiger partial charge in [0, 0.05) is 38.6 Å². The van der Waals surface area contributed by atoms with Crippen LogP contribution in [0.1, 0.15) is 57.9 Å². The Balaban J connectivity index is 1.99. The Morgan fingerprint density at radius 1 is 1.22 bits per heavy atom. The average Bonchev–Trinajstić information content (AvgIpc) is 3.16. The monoisotopic (exact) mass is 376 g/mol. The van der Waals surface area contributed by atoms with Gasteiger partial charge < -0.3 is 20.1 Å². The van der Waals surface area contributed by atoms with Gasteiger partial charge in [-0.25, -0.2) is 9.98 Å². The van der Waals surface area contributed by atoms with E-state index in [9.17, 15) is 0 Å². The summed E-state index contributed by atoms with van der Waals surface area (Å²) in [5.41, 5.74) is 1.34. The van der Waals surface area contributed by atoms with Gasteiger partial charge in [0.05, 0.1) is 13.2 Å². The number of hydrogen-bond acceptors (Lipinski definition) is 4. The molecule has 6 heteroatoms. The molecular weight excluding hydrogens is 340 g/mol. The molecule has 6 nitrogen and oxygen atoms in total. The zero-order chi connectivity index (χ0) is 19.4. The van der Waals surface area contributed by atoms with Crippen LogP contribution in [0, 0.1) is 5.41 Å². The van der Waals surface area contributed by atoms with Crippen molar-refractivity contribution in [3.05, 3.63) is 23.9 Å². The molecule has 0 aliphatic heterocycles. The van der Waals surface area contributed by atoms with Crippen molar-refractivity contribution in [3.63, 3.8) is 0 Å². The number of aliphatic imine (C=N–C) groups is 1. The summed E-state index contributed by atoms with van der Waals surface area (Å²) in [7, 11) is 1.79. The topological polar surface area (TPSA) is 67.8 Å². The molecule has 0 saturated heterocycles. The molecule has 0 aromatic carbocycles. The van der Waals surface area contributed by atoms with E-state index >= 15 is 0 Å². The van der Waals surface area contributed by atoms with Gasteiger partial charge in [0.25, 0.3) is 0 Å². The van der Waals surface area contributed by atoms with Crippen molar-refractivity contribution >= 4 is 5.96 Å². The largest absolute Gasteiger partial charge is 0.477 e. The lowest BCUT2D eigenvalue weighted by Gasteiger charge is -2.30. The lowest BCUT2D eigenvalue weighted by molar-refractivity contribution is 0.138. The smallest absolute Gasteiger partial charge is 0.218 e. The Morgan fingerprint density at radius 2 is 2.04 bits per heavy atom. The van der Waals surface area contributed by atoms with Crippen molar-refractivity contribution in [2.24, 2.45) is 10.4 Å². The number of methoxy groups -OCH3 is 1. The van der Waals surface area contributed by atoms with E-state index in [2.05, 4.69) is 29.5 Å². The molecule has 2 N–H and O–H groups in total. The Morgan fingerprint density at radius 3 is 2.74 bits per heavy atom. The van der Waals surface area contributed by atoms with Gasteiger partial charge in [-0.1, -0.05) is 25.8 Å². The molecule has 27 heavy (non-hydrogen) atoms. The number of guanidine groups is 1. The van der Waals surface area contributed by atoms with Crippen molar-refractivity contribution in [3.8, 4) is 5.88 Å². The summed E-state index contributed by atoms with van der Waals surface area (Å²) in [6, 6.07) is 3.96. The van der Waals surface area contributed by atoms with Crippen LogP contribution in [-0.2, 0) is 11.3 Å². The van der Waals surface area contributed by atoms with Gasteiger partial charge in [0.2, 0.25) is 5.88 Å². The molecule has 0 spiro atoms. The third-order valence-corrected chi connectivity index (χ3v) is 5.18. The van der Waals surface area contributed by atoms with E-state index in [4.69, 9.17) is 14.5 Å². The fourth-order valence-corrected chi connectivity index (χ4v) is 3.61. The summed E-state index contributed by atoms with van der Waals surface area (Å²) < 4.78 is 11.1. The number of nitrogens with zero attached hydrogens (tertiary/aromatic N) is 2. The van der Waals surface area contributed by atoms with E-state index in [1.54, 1.807) is 13.3 Å². The first-order valence-electron chi connectivity index (χ1n) is 10.3. The fourth-order valence-electron chi connectivity index (χ4n) is 3.61. The fraction of sp³-hybridized carbons (Fsp3) is 0.714. The molecule has 0 bridgehead atoms. The molecule has 1 fully saturated rings. The van der Waals surface area contributed by atoms with Crippen molar-refractivity contribution in [1.29, 1.82) is 0 Å². The number of rotatable bonds is 11. The van der Waals surface area contributed by atoms with Gasteiger partial charge in [-0.15, -0.1) is 0 Å². The highest BCUT2D eigenvalue weighted by Gasteiger charge is 2.33. The number of nitrogens with one attached hydrogen (secondary N) is 2. The van der Waals surface area contributed by atoms with Crippen LogP contribution in [0.4, 0.5) is 0 Å². The normalized spacial score (nSPS) is 16.3. The minimum atomic E-state index is 0.329. The minimum Gasteiger partial charge on any atom is -0.477 e. The predicted octanol–water partition coefficient (Wildman–Crippen LogP) is 3.52. The SMILES string of the molecule is CCCOc1ncccc1CN=C(NCC)NCC1(CCOC)CCCC1. The molecule has 1 saturated carbocycles. The quantitative estimate of drug-likeness (QED) is 0.457. The highest BCUT2D eigenvalue weighted by atomic mass is 16.5. The van der Waals surface area contributed by atoms with Crippen LogP contribution >= 0.6 is 0 Å². The standard InChI is InChI=1S/C21H36N4O2/c1-4-14-27-19-18(9-8-13-23-19)16-24-20(22-5-2)25-17-21(12-15-26-3)10-6-7-11-21/h8-9,13H,4-7,10-12,14-17H2,1-3H3,(H2,22,24,25). The van der Waals surface area contributed by atoms with Crippen molar-refractivity contribution in [2.45, 2.75) is 58.9 Å². The summed E-state index contributed by atoms with van der Waals surface area (Å²) in [6.07, 6.45) is 8.99. The molecule has 1 aliphatic carbocycles. The maximum atomic E-state index is 5.75. The second-order valence-electron chi connectivity index (χ2n) is 7.31. The van der Waals surface area contributed by atoms with E-state index in [-0.39, 0.29) is 0 Å². The highest BCUT2D eigenvalue weighted by molar-refractivity contribution is 5.79. The Labute approximate surface area is 164 Å². The summed E-state index contributed by atoms with van der Waals surface area (Å²) in [6.45, 7) is 8.01. The summed E-state index contributed by atoms with van der Waals surface area (Å²) >= 11 is 0. The number of pyridine rings is 1. The predicted molar refractivity (Wildman–Crippen MR) is 110 cm³/mol. The van der Waals surface area contributed by atoms with E-state index in [0.29, 0.717) is 24.4 Å². The molecule has 152 valence electrons. The van der Waals surface area contributed by atoms with Gasteiger partial charge in [0.1, 0.15) is 0 Å². The Kier molecular flexibility index (Phi) is 9.39. The van der Waals surface area contributed by atoms with Gasteiger partial charge in [-0.05, 0) is 44.1 Å². The zero-order valence-electron chi connectivity index (χ0n) is 17.2. The van der Waals surface area contributed by atoms with Crippen LogP contribution in [0.2, 0.25) is 0 Å². The molecular formula is C21H36N4O2. The second kappa shape index (κ2) is 11.8. The molecule has 2 rings (SSSR count). The van der Waals surface area contributed by atoms with E-state index in [0.717, 1.165) is 44.1 Å². The first kappa shape index (κ1) is 21.5. The van der Waals surface area contributed by atoms with Gasteiger partial charge >= 0.3 is 0 Å².